The molecule has 5 heteroatoms. The highest BCUT2D eigenvalue weighted by atomic mass is 16.4. The van der Waals surface area contributed by atoms with E-state index in [1.807, 2.05) is 0 Å². The number of furan rings is 1. The summed E-state index contributed by atoms with van der Waals surface area (Å²) in [7, 11) is 0. The van der Waals surface area contributed by atoms with E-state index in [0.29, 0.717) is 0 Å². The van der Waals surface area contributed by atoms with Crippen LogP contribution in [0.1, 0.15) is 115 Å². The lowest BCUT2D eigenvalue weighted by atomic mass is 9.45. The minimum atomic E-state index is -0.179. The molecule has 8 fully saturated rings. The summed E-state index contributed by atoms with van der Waals surface area (Å²) in [6.45, 7) is 6.85. The van der Waals surface area contributed by atoms with Gasteiger partial charge in [-0.3, -0.25) is 4.90 Å². The third kappa shape index (κ3) is 6.83. The minimum Gasteiger partial charge on any atom is -0.440 e. The van der Waals surface area contributed by atoms with Gasteiger partial charge in [-0.25, -0.2) is 0 Å². The zero-order valence-electron chi connectivity index (χ0n) is 48.2. The molecule has 4 nitrogen and oxygen atoms in total. The Hall–Kier alpha value is -7.76. The van der Waals surface area contributed by atoms with Crippen LogP contribution in [-0.4, -0.2) is 11.3 Å². The Morgan fingerprint density at radius 2 is 1.05 bits per heavy atom. The Morgan fingerprint density at radius 1 is 0.458 bits per heavy atom. The zero-order chi connectivity index (χ0) is 54.7. The van der Waals surface area contributed by atoms with Crippen LogP contribution in [0.5, 0.6) is 0 Å². The Balaban J connectivity index is 0.970. The first-order valence-electron chi connectivity index (χ1n) is 31.8. The van der Waals surface area contributed by atoms with Crippen molar-refractivity contribution in [2.24, 2.45) is 35.5 Å². The molecule has 8 bridgehead atoms. The largest absolute Gasteiger partial charge is 0.440 e. The molecule has 8 saturated carbocycles. The Labute approximate surface area is 488 Å². The highest BCUT2D eigenvalue weighted by molar-refractivity contribution is 6.91. The van der Waals surface area contributed by atoms with E-state index in [1.165, 1.54) is 154 Å². The number of hydrogen-bond donors (Lipinski definition) is 0. The van der Waals surface area contributed by atoms with Crippen molar-refractivity contribution in [3.8, 4) is 22.3 Å². The van der Waals surface area contributed by atoms with Gasteiger partial charge < -0.3 is 13.8 Å². The first-order chi connectivity index (χ1) is 40.6. The van der Waals surface area contributed by atoms with Crippen molar-refractivity contribution in [1.82, 2.24) is 4.48 Å². The summed E-state index contributed by atoms with van der Waals surface area (Å²) in [5.74, 6) is 6.05. The van der Waals surface area contributed by atoms with Crippen molar-refractivity contribution in [3.05, 3.63) is 205 Å². The van der Waals surface area contributed by atoms with Crippen LogP contribution in [0.25, 0.3) is 65.8 Å². The molecule has 83 heavy (non-hydrogen) atoms. The van der Waals surface area contributed by atoms with Gasteiger partial charge in [0.05, 0.1) is 5.69 Å². The number of nitrogens with zero attached hydrogens (tertiary/aromatic N) is 3. The van der Waals surface area contributed by atoms with Gasteiger partial charge in [0.2, 0.25) is 5.88 Å². The van der Waals surface area contributed by atoms with Crippen LogP contribution in [0.2, 0.25) is 0 Å². The van der Waals surface area contributed by atoms with Crippen molar-refractivity contribution in [2.45, 2.75) is 114 Å². The fraction of sp³-hybridized carbons (Fsp3) is 0.308. The van der Waals surface area contributed by atoms with Crippen LogP contribution >= 0.6 is 0 Å². The number of fused-ring (bicyclic) bond motifs is 11. The number of rotatable bonds is 7. The smallest absolute Gasteiger partial charge is 0.337 e. The number of para-hydroxylation sites is 2. The first-order valence-corrected chi connectivity index (χ1v) is 31.8. The van der Waals surface area contributed by atoms with E-state index >= 15 is 0 Å². The fourth-order valence-electron chi connectivity index (χ4n) is 20.3. The van der Waals surface area contributed by atoms with Crippen LogP contribution in [0.3, 0.4) is 0 Å². The van der Waals surface area contributed by atoms with Gasteiger partial charge in [-0.15, -0.1) is 0 Å². The van der Waals surface area contributed by atoms with E-state index < -0.39 is 0 Å². The SMILES string of the molecule is CC(C)(C)c1ccc(N2c3cc(N(c4ccccc4)c4ccccc4)cc4c3B(c3c2oc2c3ccc3ccccc32)n2c3ccc(C56CC7CC(CC(C7)C5)C6)cc3c3cc(C56CC7CC(CC(C7)C5)C6)cc-4c32)c(-c2ccccc2)c1. The number of aromatic nitrogens is 1. The van der Waals surface area contributed by atoms with E-state index in [4.69, 9.17) is 4.42 Å². The van der Waals surface area contributed by atoms with Gasteiger partial charge >= 0.3 is 6.85 Å². The average molecular weight is 1080 g/mol. The maximum Gasteiger partial charge on any atom is 0.337 e. The number of hydrogen-bond acceptors (Lipinski definition) is 3. The molecule has 0 unspecified atom stereocenters. The summed E-state index contributed by atoms with van der Waals surface area (Å²) < 4.78 is 10.7. The molecular formula is C78H70BN3O. The van der Waals surface area contributed by atoms with E-state index in [1.54, 1.807) is 11.1 Å². The predicted molar refractivity (Wildman–Crippen MR) is 346 cm³/mol. The lowest BCUT2D eigenvalue weighted by Crippen LogP contribution is -2.56. The van der Waals surface area contributed by atoms with Gasteiger partial charge in [-0.2, -0.15) is 0 Å². The molecule has 2 aliphatic heterocycles. The summed E-state index contributed by atoms with van der Waals surface area (Å²) in [5, 5.41) is 6.44. The molecule has 11 aromatic rings. The Kier molecular flexibility index (Phi) is 9.75. The third-order valence-electron chi connectivity index (χ3n) is 23.0. The maximum absolute atomic E-state index is 7.87. The van der Waals surface area contributed by atoms with Crippen LogP contribution < -0.4 is 20.7 Å². The first kappa shape index (κ1) is 47.7. The highest BCUT2D eigenvalue weighted by Gasteiger charge is 2.55. The van der Waals surface area contributed by atoms with Gasteiger partial charge in [0.1, 0.15) is 5.58 Å². The van der Waals surface area contributed by atoms with Crippen molar-refractivity contribution in [2.75, 3.05) is 9.80 Å². The molecule has 21 rings (SSSR count). The monoisotopic (exact) mass is 1080 g/mol. The Bertz CT molecular complexity index is 4410. The maximum atomic E-state index is 7.87. The molecule has 2 aromatic heterocycles. The van der Waals surface area contributed by atoms with E-state index in [0.717, 1.165) is 75.1 Å². The molecule has 0 amide bonds. The van der Waals surface area contributed by atoms with Crippen LogP contribution in [0.15, 0.2) is 192 Å². The minimum absolute atomic E-state index is 0.0715. The fourth-order valence-corrected chi connectivity index (χ4v) is 20.3. The summed E-state index contributed by atoms with van der Waals surface area (Å²) in [6.07, 6.45) is 16.7. The predicted octanol–water partition coefficient (Wildman–Crippen LogP) is 19.5. The lowest BCUT2D eigenvalue weighted by molar-refractivity contribution is -0.00527. The average Bonchev–Trinajstić information content (AvgIpc) is 1.64. The van der Waals surface area contributed by atoms with Crippen molar-refractivity contribution < 1.29 is 4.42 Å². The van der Waals surface area contributed by atoms with Crippen LogP contribution in [0.4, 0.5) is 34.3 Å². The molecule has 8 aliphatic carbocycles. The quantitative estimate of drug-likeness (QED) is 0.149. The Morgan fingerprint density at radius 3 is 1.69 bits per heavy atom. The molecule has 10 aliphatic rings. The molecule has 4 heterocycles. The number of anilines is 6. The molecule has 0 atom stereocenters. The van der Waals surface area contributed by atoms with E-state index in [9.17, 15) is 0 Å². The molecule has 406 valence electrons. The summed E-state index contributed by atoms with van der Waals surface area (Å²) in [5.41, 5.74) is 22.0. The van der Waals surface area contributed by atoms with E-state index in [2.05, 4.69) is 223 Å². The molecule has 0 radical (unpaired) electrons. The molecule has 0 N–H and O–H groups in total. The lowest BCUT2D eigenvalue weighted by Gasteiger charge is -2.57. The van der Waals surface area contributed by atoms with Crippen molar-refractivity contribution >= 4 is 95.6 Å². The molecule has 9 aromatic carbocycles. The second-order valence-electron chi connectivity index (χ2n) is 28.9. The van der Waals surface area contributed by atoms with Crippen molar-refractivity contribution in [1.29, 1.82) is 0 Å². The van der Waals surface area contributed by atoms with Crippen LogP contribution in [-0.2, 0) is 16.2 Å². The van der Waals surface area contributed by atoms with Gasteiger partial charge in [-0.1, -0.05) is 136 Å². The summed E-state index contributed by atoms with van der Waals surface area (Å²) in [6, 6.07) is 73.0. The second-order valence-corrected chi connectivity index (χ2v) is 28.9. The van der Waals surface area contributed by atoms with Gasteiger partial charge in [0, 0.05) is 71.9 Å². The summed E-state index contributed by atoms with van der Waals surface area (Å²) in [4.78, 5) is 5.09. The molecular weight excluding hydrogens is 1010 g/mol. The van der Waals surface area contributed by atoms with Gasteiger partial charge in [0.25, 0.3) is 0 Å². The standard InChI is InChI=1S/C78H70BN3O/c1-76(2,3)55-24-27-68(63(35-55)53-15-7-4-8-16-53)81-70-40-60(80(58-18-9-5-10-19-58)59-20-11-6-12-21-59)39-65-67-38-57(78-44-50-32-51(45-78)34-52(33-50)46-78)37-66-64-36-56(77-41-47-29-48(42-77)31-49(30-47)43-77)25-28-69(64)82(73(66)67)79(71(65)70)72-62-26-23-54-17-13-14-22-61(54)74(62)83-75(72)81/h4-28,35-40,47-52H,29-34,41-46H2,1-3H3. The third-order valence-corrected chi connectivity index (χ3v) is 23.0. The summed E-state index contributed by atoms with van der Waals surface area (Å²) >= 11 is 0. The highest BCUT2D eigenvalue weighted by Crippen LogP contribution is 2.64. The number of benzene rings is 9. The zero-order valence-corrected chi connectivity index (χ0v) is 48.2. The normalized spacial score (nSPS) is 26.0. The van der Waals surface area contributed by atoms with Gasteiger partial charge in [-0.05, 0) is 240 Å². The van der Waals surface area contributed by atoms with Crippen molar-refractivity contribution in [3.63, 3.8) is 0 Å². The van der Waals surface area contributed by atoms with E-state index in [-0.39, 0.29) is 23.1 Å². The van der Waals surface area contributed by atoms with Gasteiger partial charge in [0.15, 0.2) is 0 Å². The van der Waals surface area contributed by atoms with Crippen LogP contribution in [0, 0.1) is 35.5 Å². The second kappa shape index (κ2) is 17.0. The molecule has 0 saturated heterocycles. The molecule has 0 spiro atoms. The topological polar surface area (TPSA) is 24.6 Å².